The van der Waals surface area contributed by atoms with E-state index in [1.165, 1.54) is 44.9 Å². The predicted octanol–water partition coefficient (Wildman–Crippen LogP) is 3.33. The Morgan fingerprint density at radius 2 is 1.53 bits per heavy atom. The normalized spacial score (nSPS) is 10.9. The summed E-state index contributed by atoms with van der Waals surface area (Å²) < 4.78 is 3.43. The van der Waals surface area contributed by atoms with Crippen molar-refractivity contribution in [3.8, 4) is 0 Å². The van der Waals surface area contributed by atoms with Crippen molar-refractivity contribution >= 4 is 0 Å². The van der Waals surface area contributed by atoms with Gasteiger partial charge in [-0.15, -0.1) is 0 Å². The average molecular weight is 238 g/mol. The molecule has 0 aliphatic carbocycles. The number of nitrogens with zero attached hydrogens (tertiary/aromatic N) is 2. The maximum atomic E-state index is 11.5. The molecule has 1 rings (SSSR count). The van der Waals surface area contributed by atoms with Crippen molar-refractivity contribution in [1.29, 1.82) is 0 Å². The number of imidazole rings is 1. The SMILES string of the molecule is CCCCCCCCCCn1ccn(C)c1=O. The zero-order valence-corrected chi connectivity index (χ0v) is 11.3. The summed E-state index contributed by atoms with van der Waals surface area (Å²) in [7, 11) is 1.80. The minimum absolute atomic E-state index is 0.105. The van der Waals surface area contributed by atoms with Gasteiger partial charge in [0, 0.05) is 26.0 Å². The third-order valence-electron chi connectivity index (χ3n) is 3.27. The van der Waals surface area contributed by atoms with Crippen molar-refractivity contribution in [3.05, 3.63) is 22.9 Å². The summed E-state index contributed by atoms with van der Waals surface area (Å²) in [5, 5.41) is 0. The van der Waals surface area contributed by atoms with Gasteiger partial charge in [-0.2, -0.15) is 0 Å². The fraction of sp³-hybridized carbons (Fsp3) is 0.786. The van der Waals surface area contributed by atoms with Crippen LogP contribution in [-0.4, -0.2) is 9.13 Å². The van der Waals surface area contributed by atoms with Crippen molar-refractivity contribution in [3.63, 3.8) is 0 Å². The van der Waals surface area contributed by atoms with Crippen molar-refractivity contribution in [2.75, 3.05) is 0 Å². The molecule has 0 aliphatic rings. The first kappa shape index (κ1) is 14.1. The molecular weight excluding hydrogens is 212 g/mol. The molecule has 0 bridgehead atoms. The van der Waals surface area contributed by atoms with E-state index in [4.69, 9.17) is 0 Å². The Morgan fingerprint density at radius 3 is 2.06 bits per heavy atom. The van der Waals surface area contributed by atoms with Gasteiger partial charge in [0.1, 0.15) is 0 Å². The Morgan fingerprint density at radius 1 is 0.941 bits per heavy atom. The number of rotatable bonds is 9. The molecule has 17 heavy (non-hydrogen) atoms. The predicted molar refractivity (Wildman–Crippen MR) is 72.3 cm³/mol. The number of aryl methyl sites for hydroxylation is 2. The minimum atomic E-state index is 0.105. The molecule has 0 atom stereocenters. The molecule has 0 amide bonds. The van der Waals surface area contributed by atoms with Crippen LogP contribution in [0.3, 0.4) is 0 Å². The maximum Gasteiger partial charge on any atom is 0.327 e. The van der Waals surface area contributed by atoms with Crippen molar-refractivity contribution in [2.24, 2.45) is 7.05 Å². The molecule has 0 aromatic carbocycles. The van der Waals surface area contributed by atoms with E-state index in [1.807, 2.05) is 12.4 Å². The largest absolute Gasteiger partial charge is 0.327 e. The second-order valence-electron chi connectivity index (χ2n) is 4.86. The van der Waals surface area contributed by atoms with Crippen LogP contribution in [0.15, 0.2) is 17.2 Å². The molecule has 98 valence electrons. The van der Waals surface area contributed by atoms with E-state index in [-0.39, 0.29) is 5.69 Å². The van der Waals surface area contributed by atoms with Crippen molar-refractivity contribution < 1.29 is 0 Å². The van der Waals surface area contributed by atoms with Gasteiger partial charge in [-0.25, -0.2) is 4.79 Å². The number of hydrogen-bond acceptors (Lipinski definition) is 1. The monoisotopic (exact) mass is 238 g/mol. The van der Waals surface area contributed by atoms with Gasteiger partial charge in [-0.05, 0) is 6.42 Å². The zero-order valence-electron chi connectivity index (χ0n) is 11.3. The van der Waals surface area contributed by atoms with Gasteiger partial charge in [-0.3, -0.25) is 4.57 Å². The molecule has 3 heteroatoms. The zero-order chi connectivity index (χ0) is 12.5. The first-order valence-corrected chi connectivity index (χ1v) is 6.97. The summed E-state index contributed by atoms with van der Waals surface area (Å²) >= 11 is 0. The first-order valence-electron chi connectivity index (χ1n) is 6.97. The Kier molecular flexibility index (Phi) is 6.75. The van der Waals surface area contributed by atoms with Gasteiger partial charge in [0.05, 0.1) is 0 Å². The van der Waals surface area contributed by atoms with Crippen molar-refractivity contribution in [1.82, 2.24) is 9.13 Å². The molecular formula is C14H26N2O. The highest BCUT2D eigenvalue weighted by atomic mass is 16.1. The van der Waals surface area contributed by atoms with Crippen LogP contribution in [0, 0.1) is 0 Å². The van der Waals surface area contributed by atoms with Gasteiger partial charge >= 0.3 is 5.69 Å². The molecule has 1 aromatic rings. The molecule has 0 radical (unpaired) electrons. The second-order valence-corrected chi connectivity index (χ2v) is 4.86. The van der Waals surface area contributed by atoms with E-state index in [0.29, 0.717) is 0 Å². The van der Waals surface area contributed by atoms with E-state index < -0.39 is 0 Å². The lowest BCUT2D eigenvalue weighted by molar-refractivity contribution is 0.535. The van der Waals surface area contributed by atoms with Crippen LogP contribution in [0.25, 0.3) is 0 Å². The quantitative estimate of drug-likeness (QED) is 0.606. The van der Waals surface area contributed by atoms with Crippen LogP contribution in [0.2, 0.25) is 0 Å². The molecule has 0 N–H and O–H groups in total. The standard InChI is InChI=1S/C14H26N2O/c1-3-4-5-6-7-8-9-10-11-16-13-12-15(2)14(16)17/h12-13H,3-11H2,1-2H3. The highest BCUT2D eigenvalue weighted by molar-refractivity contribution is 4.79. The number of aromatic nitrogens is 2. The van der Waals surface area contributed by atoms with E-state index >= 15 is 0 Å². The van der Waals surface area contributed by atoms with Crippen LogP contribution in [-0.2, 0) is 13.6 Å². The fourth-order valence-corrected chi connectivity index (χ4v) is 2.10. The van der Waals surface area contributed by atoms with Crippen LogP contribution >= 0.6 is 0 Å². The first-order chi connectivity index (χ1) is 8.25. The molecule has 3 nitrogen and oxygen atoms in total. The second kappa shape index (κ2) is 8.15. The van der Waals surface area contributed by atoms with Gasteiger partial charge in [0.25, 0.3) is 0 Å². The minimum Gasteiger partial charge on any atom is -0.302 e. The maximum absolute atomic E-state index is 11.5. The van der Waals surface area contributed by atoms with E-state index in [2.05, 4.69) is 6.92 Å². The Hall–Kier alpha value is -0.990. The highest BCUT2D eigenvalue weighted by Crippen LogP contribution is 2.08. The summed E-state index contributed by atoms with van der Waals surface area (Å²) in [5.74, 6) is 0. The fourth-order valence-electron chi connectivity index (χ4n) is 2.10. The van der Waals surface area contributed by atoms with Crippen molar-refractivity contribution in [2.45, 2.75) is 64.8 Å². The van der Waals surface area contributed by atoms with E-state index in [1.54, 1.807) is 16.2 Å². The molecule has 0 spiro atoms. The Labute approximate surface area is 104 Å². The smallest absolute Gasteiger partial charge is 0.302 e. The molecule has 0 unspecified atom stereocenters. The van der Waals surface area contributed by atoms with Gasteiger partial charge < -0.3 is 4.57 Å². The third-order valence-corrected chi connectivity index (χ3v) is 3.27. The average Bonchev–Trinajstić information content (AvgIpc) is 2.64. The molecule has 0 saturated carbocycles. The summed E-state index contributed by atoms with van der Waals surface area (Å²) in [4.78, 5) is 11.5. The highest BCUT2D eigenvalue weighted by Gasteiger charge is 1.98. The lowest BCUT2D eigenvalue weighted by Crippen LogP contribution is -2.21. The van der Waals surface area contributed by atoms with Crippen LogP contribution < -0.4 is 5.69 Å². The lowest BCUT2D eigenvalue weighted by Gasteiger charge is -2.02. The van der Waals surface area contributed by atoms with E-state index in [0.717, 1.165) is 13.0 Å². The third kappa shape index (κ3) is 5.24. The van der Waals surface area contributed by atoms with Gasteiger partial charge in [0.15, 0.2) is 0 Å². The Bertz CT molecular complexity index is 351. The van der Waals surface area contributed by atoms with E-state index in [9.17, 15) is 4.79 Å². The number of unbranched alkanes of at least 4 members (excludes halogenated alkanes) is 7. The molecule has 0 fully saturated rings. The molecule has 1 aromatic heterocycles. The molecule has 0 saturated heterocycles. The van der Waals surface area contributed by atoms with Gasteiger partial charge in [-0.1, -0.05) is 51.9 Å². The summed E-state index contributed by atoms with van der Waals surface area (Å²) in [6, 6.07) is 0. The lowest BCUT2D eigenvalue weighted by atomic mass is 10.1. The van der Waals surface area contributed by atoms with Gasteiger partial charge in [0.2, 0.25) is 0 Å². The summed E-state index contributed by atoms with van der Waals surface area (Å²) in [5.41, 5.74) is 0.105. The molecule has 1 heterocycles. The van der Waals surface area contributed by atoms with Crippen LogP contribution in [0.1, 0.15) is 58.3 Å². The summed E-state index contributed by atoms with van der Waals surface area (Å²) in [6.45, 7) is 3.12. The van der Waals surface area contributed by atoms with Crippen LogP contribution in [0.5, 0.6) is 0 Å². The topological polar surface area (TPSA) is 26.9 Å². The molecule has 0 aliphatic heterocycles. The van der Waals surface area contributed by atoms with Crippen LogP contribution in [0.4, 0.5) is 0 Å². The summed E-state index contributed by atoms with van der Waals surface area (Å²) in [6.07, 6.45) is 14.2. The number of hydrogen-bond donors (Lipinski definition) is 0. The Balaban J connectivity index is 2.01.